The van der Waals surface area contributed by atoms with E-state index in [1.807, 2.05) is 19.1 Å². The number of fused-ring (bicyclic) bond motifs is 1. The Morgan fingerprint density at radius 2 is 1.84 bits per heavy atom. The van der Waals surface area contributed by atoms with Gasteiger partial charge >= 0.3 is 5.97 Å². The number of nitrogens with two attached hydrogens (primary N) is 1. The summed E-state index contributed by atoms with van der Waals surface area (Å²) in [6.07, 6.45) is 0.745. The van der Waals surface area contributed by atoms with E-state index in [-0.39, 0.29) is 5.97 Å². The molecule has 0 saturated heterocycles. The number of rotatable bonds is 5. The fraction of sp³-hybridized carbons (Fsp3) is 0.286. The SMILES string of the molecule is CCOC(=O)c1ccc2[nH]c(-c3cc(C)cc(C)c3)c(CCN)c2c1. The van der Waals surface area contributed by atoms with Crippen LogP contribution in [0.1, 0.15) is 34.0 Å². The van der Waals surface area contributed by atoms with E-state index in [1.54, 1.807) is 6.07 Å². The predicted octanol–water partition coefficient (Wildman–Crippen LogP) is 4.13. The number of H-pyrrole nitrogens is 1. The van der Waals surface area contributed by atoms with E-state index in [2.05, 4.69) is 37.0 Å². The molecule has 0 atom stereocenters. The van der Waals surface area contributed by atoms with Gasteiger partial charge in [-0.2, -0.15) is 0 Å². The molecule has 0 fully saturated rings. The fourth-order valence-electron chi connectivity index (χ4n) is 3.36. The molecule has 0 bridgehead atoms. The Morgan fingerprint density at radius 3 is 2.48 bits per heavy atom. The van der Waals surface area contributed by atoms with Gasteiger partial charge in [0.2, 0.25) is 0 Å². The molecule has 0 amide bonds. The van der Waals surface area contributed by atoms with Crippen LogP contribution in [0.15, 0.2) is 36.4 Å². The number of aromatic nitrogens is 1. The first-order valence-corrected chi connectivity index (χ1v) is 8.64. The van der Waals surface area contributed by atoms with Crippen molar-refractivity contribution >= 4 is 16.9 Å². The third-order valence-corrected chi connectivity index (χ3v) is 4.32. The van der Waals surface area contributed by atoms with Crippen molar-refractivity contribution in [2.75, 3.05) is 13.2 Å². The van der Waals surface area contributed by atoms with Gasteiger partial charge in [-0.15, -0.1) is 0 Å². The van der Waals surface area contributed by atoms with E-state index in [9.17, 15) is 4.79 Å². The highest BCUT2D eigenvalue weighted by Gasteiger charge is 2.16. The van der Waals surface area contributed by atoms with E-state index in [1.165, 1.54) is 11.1 Å². The van der Waals surface area contributed by atoms with E-state index in [0.717, 1.165) is 34.1 Å². The van der Waals surface area contributed by atoms with Crippen molar-refractivity contribution in [2.45, 2.75) is 27.2 Å². The third-order valence-electron chi connectivity index (χ3n) is 4.32. The van der Waals surface area contributed by atoms with E-state index >= 15 is 0 Å². The lowest BCUT2D eigenvalue weighted by Gasteiger charge is -2.07. The van der Waals surface area contributed by atoms with Crippen molar-refractivity contribution in [3.8, 4) is 11.3 Å². The van der Waals surface area contributed by atoms with Crippen LogP contribution in [0.4, 0.5) is 0 Å². The van der Waals surface area contributed by atoms with Gasteiger partial charge in [0.1, 0.15) is 0 Å². The Labute approximate surface area is 148 Å². The lowest BCUT2D eigenvalue weighted by atomic mass is 9.99. The summed E-state index contributed by atoms with van der Waals surface area (Å²) in [4.78, 5) is 15.6. The van der Waals surface area contributed by atoms with Gasteiger partial charge in [0, 0.05) is 16.6 Å². The maximum atomic E-state index is 12.1. The Balaban J connectivity index is 2.18. The molecule has 0 radical (unpaired) electrons. The molecule has 130 valence electrons. The molecule has 3 rings (SSSR count). The highest BCUT2D eigenvalue weighted by Crippen LogP contribution is 2.32. The molecule has 0 aliphatic heterocycles. The average molecular weight is 336 g/mol. The lowest BCUT2D eigenvalue weighted by molar-refractivity contribution is 0.0526. The largest absolute Gasteiger partial charge is 0.462 e. The van der Waals surface area contributed by atoms with Crippen molar-refractivity contribution in [1.82, 2.24) is 4.98 Å². The van der Waals surface area contributed by atoms with Crippen LogP contribution in [0.5, 0.6) is 0 Å². The number of hydrogen-bond donors (Lipinski definition) is 2. The molecule has 3 aromatic rings. The number of aryl methyl sites for hydroxylation is 2. The normalized spacial score (nSPS) is 11.0. The monoisotopic (exact) mass is 336 g/mol. The summed E-state index contributed by atoms with van der Waals surface area (Å²) >= 11 is 0. The van der Waals surface area contributed by atoms with Crippen LogP contribution in [0.25, 0.3) is 22.2 Å². The maximum absolute atomic E-state index is 12.1. The Kier molecular flexibility index (Phi) is 4.91. The van der Waals surface area contributed by atoms with E-state index in [4.69, 9.17) is 10.5 Å². The molecule has 1 aromatic heterocycles. The zero-order chi connectivity index (χ0) is 18.0. The van der Waals surface area contributed by atoms with Gasteiger partial charge in [0.05, 0.1) is 12.2 Å². The van der Waals surface area contributed by atoms with E-state index < -0.39 is 0 Å². The second-order valence-corrected chi connectivity index (χ2v) is 6.37. The van der Waals surface area contributed by atoms with Gasteiger partial charge < -0.3 is 15.5 Å². The molecule has 4 heteroatoms. The van der Waals surface area contributed by atoms with Gasteiger partial charge in [-0.3, -0.25) is 0 Å². The minimum atomic E-state index is -0.294. The molecule has 0 unspecified atom stereocenters. The number of nitrogens with one attached hydrogen (secondary N) is 1. The van der Waals surface area contributed by atoms with Crippen LogP contribution in [-0.4, -0.2) is 24.1 Å². The highest BCUT2D eigenvalue weighted by molar-refractivity contribution is 5.98. The predicted molar refractivity (Wildman–Crippen MR) is 102 cm³/mol. The zero-order valence-electron chi connectivity index (χ0n) is 15.0. The molecule has 0 aliphatic carbocycles. The Bertz CT molecular complexity index is 905. The summed E-state index contributed by atoms with van der Waals surface area (Å²) in [7, 11) is 0. The van der Waals surface area contributed by atoms with Crippen molar-refractivity contribution in [1.29, 1.82) is 0 Å². The van der Waals surface area contributed by atoms with Crippen LogP contribution in [-0.2, 0) is 11.2 Å². The Morgan fingerprint density at radius 1 is 1.12 bits per heavy atom. The number of carbonyl (C=O) groups is 1. The van der Waals surface area contributed by atoms with Crippen molar-refractivity contribution < 1.29 is 9.53 Å². The van der Waals surface area contributed by atoms with Crippen LogP contribution >= 0.6 is 0 Å². The summed E-state index contributed by atoms with van der Waals surface area (Å²) in [6, 6.07) is 12.1. The minimum absolute atomic E-state index is 0.294. The quantitative estimate of drug-likeness (QED) is 0.688. The fourth-order valence-corrected chi connectivity index (χ4v) is 3.36. The highest BCUT2D eigenvalue weighted by atomic mass is 16.5. The average Bonchev–Trinajstić information content (AvgIpc) is 2.92. The number of esters is 1. The topological polar surface area (TPSA) is 68.1 Å². The summed E-state index contributed by atoms with van der Waals surface area (Å²) in [5.41, 5.74) is 13.2. The first-order valence-electron chi connectivity index (χ1n) is 8.64. The minimum Gasteiger partial charge on any atom is -0.462 e. The summed E-state index contributed by atoms with van der Waals surface area (Å²) in [5, 5.41) is 1.03. The molecule has 3 N–H and O–H groups in total. The molecule has 4 nitrogen and oxygen atoms in total. The lowest BCUT2D eigenvalue weighted by Crippen LogP contribution is -2.05. The standard InChI is InChI=1S/C21H24N2O2/c1-4-25-21(24)15-5-6-19-18(12-15)17(7-8-22)20(23-19)16-10-13(2)9-14(3)11-16/h5-6,9-12,23H,4,7-8,22H2,1-3H3. The van der Waals surface area contributed by atoms with Crippen LogP contribution in [0, 0.1) is 13.8 Å². The zero-order valence-corrected chi connectivity index (χ0v) is 15.0. The summed E-state index contributed by atoms with van der Waals surface area (Å²) in [6.45, 7) is 6.92. The van der Waals surface area contributed by atoms with Crippen molar-refractivity contribution in [3.63, 3.8) is 0 Å². The van der Waals surface area contributed by atoms with Crippen LogP contribution in [0.2, 0.25) is 0 Å². The molecule has 0 aliphatic rings. The number of ether oxygens (including phenoxy) is 1. The summed E-state index contributed by atoms with van der Waals surface area (Å²) < 4.78 is 5.13. The molecule has 1 heterocycles. The Hall–Kier alpha value is -2.59. The molecule has 0 saturated carbocycles. The molecule has 0 spiro atoms. The maximum Gasteiger partial charge on any atom is 0.338 e. The second-order valence-electron chi connectivity index (χ2n) is 6.37. The van der Waals surface area contributed by atoms with Crippen LogP contribution < -0.4 is 5.73 Å². The van der Waals surface area contributed by atoms with Crippen molar-refractivity contribution in [2.24, 2.45) is 5.73 Å². The van der Waals surface area contributed by atoms with Gasteiger partial charge in [-0.1, -0.05) is 17.2 Å². The first-order chi connectivity index (χ1) is 12.0. The van der Waals surface area contributed by atoms with Gasteiger partial charge in [-0.25, -0.2) is 4.79 Å². The van der Waals surface area contributed by atoms with Gasteiger partial charge in [0.25, 0.3) is 0 Å². The molecular weight excluding hydrogens is 312 g/mol. The molecule has 2 aromatic carbocycles. The van der Waals surface area contributed by atoms with Gasteiger partial charge in [-0.05, 0) is 75.2 Å². The van der Waals surface area contributed by atoms with Crippen LogP contribution in [0.3, 0.4) is 0 Å². The van der Waals surface area contributed by atoms with Crippen molar-refractivity contribution in [3.05, 3.63) is 58.7 Å². The second kappa shape index (κ2) is 7.11. The molecule has 25 heavy (non-hydrogen) atoms. The van der Waals surface area contributed by atoms with E-state index in [0.29, 0.717) is 18.7 Å². The number of aromatic amines is 1. The summed E-state index contributed by atoms with van der Waals surface area (Å²) in [5.74, 6) is -0.294. The smallest absolute Gasteiger partial charge is 0.338 e. The number of benzene rings is 2. The van der Waals surface area contributed by atoms with Gasteiger partial charge in [0.15, 0.2) is 0 Å². The number of hydrogen-bond acceptors (Lipinski definition) is 3. The third kappa shape index (κ3) is 3.44. The first kappa shape index (κ1) is 17.2. The molecular formula is C21H24N2O2. The number of carbonyl (C=O) groups excluding carboxylic acids is 1.